The third-order valence-electron chi connectivity index (χ3n) is 5.14. The molecule has 31 heavy (non-hydrogen) atoms. The Morgan fingerprint density at radius 3 is 2.45 bits per heavy atom. The fourth-order valence-corrected chi connectivity index (χ4v) is 3.68. The van der Waals surface area contributed by atoms with Crippen LogP contribution in [-0.2, 0) is 4.74 Å². The Labute approximate surface area is 183 Å². The summed E-state index contributed by atoms with van der Waals surface area (Å²) in [5, 5.41) is 19.4. The lowest BCUT2D eigenvalue weighted by molar-refractivity contribution is 0.0489. The lowest BCUT2D eigenvalue weighted by Gasteiger charge is -2.33. The molecule has 3 rings (SSSR count). The summed E-state index contributed by atoms with van der Waals surface area (Å²) in [6.07, 6.45) is 2.56. The summed E-state index contributed by atoms with van der Waals surface area (Å²) < 4.78 is 13.2. The maximum atomic E-state index is 12.3. The van der Waals surface area contributed by atoms with E-state index in [1.54, 1.807) is 22.9 Å². The predicted molar refractivity (Wildman–Crippen MR) is 119 cm³/mol. The molecule has 0 saturated heterocycles. The number of carbonyl (C=O) groups excluding carboxylic acids is 1. The fraction of sp³-hybridized carbons (Fsp3) is 0.458. The summed E-state index contributed by atoms with van der Waals surface area (Å²) in [4.78, 5) is 12.3. The molecule has 3 N–H and O–H groups in total. The highest BCUT2D eigenvalue weighted by molar-refractivity contribution is 5.83. The number of hydrogen-bond acceptors (Lipinski definition) is 5. The minimum Gasteiger partial charge on any atom is -0.486 e. The van der Waals surface area contributed by atoms with Crippen molar-refractivity contribution in [3.05, 3.63) is 59.2 Å². The monoisotopic (exact) mass is 424 g/mol. The van der Waals surface area contributed by atoms with Crippen molar-refractivity contribution in [1.82, 2.24) is 9.88 Å². The number of benzene rings is 1. The van der Waals surface area contributed by atoms with E-state index in [0.717, 1.165) is 24.0 Å². The number of hydrogen-bond donors (Lipinski definition) is 3. The standard InChI is InChI=1S/C24H32N4O3/c1-15(2)22(26)28-13-12-16(14-21(28)25)30-20-11-10-19(17-8-6-7-9-18(17)20)27-23(29)31-24(3,4)5/h6-9,12-15,19-20,25-26H,10-11H2,1-5H3,(H,27,29). The Hall–Kier alpha value is -3.09. The second-order valence-electron chi connectivity index (χ2n) is 9.17. The second kappa shape index (κ2) is 8.96. The Bertz CT molecular complexity index is 1020. The maximum Gasteiger partial charge on any atom is 0.408 e. The number of amides is 1. The molecule has 1 aliphatic carbocycles. The van der Waals surface area contributed by atoms with E-state index in [0.29, 0.717) is 11.6 Å². The smallest absolute Gasteiger partial charge is 0.408 e. The molecule has 0 fully saturated rings. The van der Waals surface area contributed by atoms with Crippen molar-refractivity contribution >= 4 is 11.9 Å². The molecule has 166 valence electrons. The number of rotatable bonds is 4. The normalized spacial score (nSPS) is 18.3. The van der Waals surface area contributed by atoms with Crippen LogP contribution in [0.2, 0.25) is 0 Å². The molecular weight excluding hydrogens is 392 g/mol. The number of alkyl carbamates (subject to hydrolysis) is 1. The Balaban J connectivity index is 1.78. The molecule has 0 radical (unpaired) electrons. The predicted octanol–water partition coefficient (Wildman–Crippen LogP) is 4.93. The van der Waals surface area contributed by atoms with Crippen LogP contribution < -0.4 is 15.5 Å². The van der Waals surface area contributed by atoms with Gasteiger partial charge in [0.2, 0.25) is 0 Å². The molecule has 1 aromatic heterocycles. The third kappa shape index (κ3) is 5.54. The molecule has 2 aromatic rings. The van der Waals surface area contributed by atoms with Gasteiger partial charge in [-0.25, -0.2) is 4.79 Å². The zero-order valence-electron chi connectivity index (χ0n) is 18.9. The highest BCUT2D eigenvalue weighted by atomic mass is 16.6. The highest BCUT2D eigenvalue weighted by Crippen LogP contribution is 2.38. The van der Waals surface area contributed by atoms with Crippen LogP contribution in [0.1, 0.15) is 70.7 Å². The number of nitrogens with one attached hydrogen (secondary N) is 3. The highest BCUT2D eigenvalue weighted by Gasteiger charge is 2.30. The van der Waals surface area contributed by atoms with Crippen molar-refractivity contribution in [2.75, 3.05) is 0 Å². The molecule has 2 atom stereocenters. The first-order valence-electron chi connectivity index (χ1n) is 10.7. The van der Waals surface area contributed by atoms with Crippen LogP contribution in [0, 0.1) is 16.7 Å². The minimum absolute atomic E-state index is 0.0282. The second-order valence-corrected chi connectivity index (χ2v) is 9.17. The fourth-order valence-electron chi connectivity index (χ4n) is 3.68. The molecule has 0 bridgehead atoms. The number of fused-ring (bicyclic) bond motifs is 1. The Morgan fingerprint density at radius 2 is 1.84 bits per heavy atom. The van der Waals surface area contributed by atoms with Gasteiger partial charge in [0.15, 0.2) is 0 Å². The first kappa shape index (κ1) is 22.6. The van der Waals surface area contributed by atoms with Crippen molar-refractivity contribution in [2.45, 2.75) is 65.2 Å². The van der Waals surface area contributed by atoms with Crippen molar-refractivity contribution < 1.29 is 14.3 Å². The average molecular weight is 425 g/mol. The third-order valence-corrected chi connectivity index (χ3v) is 5.14. The molecule has 0 saturated carbocycles. The first-order chi connectivity index (χ1) is 14.5. The molecule has 1 amide bonds. The molecule has 1 aromatic carbocycles. The summed E-state index contributed by atoms with van der Waals surface area (Å²) in [5.74, 6) is 0.993. The Kier molecular flexibility index (Phi) is 6.53. The van der Waals surface area contributed by atoms with Crippen molar-refractivity contribution in [1.29, 1.82) is 10.8 Å². The number of carbonyl (C=O) groups is 1. The van der Waals surface area contributed by atoms with Gasteiger partial charge < -0.3 is 14.8 Å². The molecule has 2 unspecified atom stereocenters. The molecule has 7 heteroatoms. The van der Waals surface area contributed by atoms with Gasteiger partial charge in [-0.15, -0.1) is 0 Å². The Morgan fingerprint density at radius 1 is 1.16 bits per heavy atom. The maximum absolute atomic E-state index is 12.3. The summed E-state index contributed by atoms with van der Waals surface area (Å²) in [6.45, 7) is 9.40. The number of ether oxygens (including phenoxy) is 2. The van der Waals surface area contributed by atoms with Crippen LogP contribution in [0.5, 0.6) is 5.75 Å². The van der Waals surface area contributed by atoms with Crippen LogP contribution in [0.4, 0.5) is 4.79 Å². The van der Waals surface area contributed by atoms with Gasteiger partial charge >= 0.3 is 6.09 Å². The first-order valence-corrected chi connectivity index (χ1v) is 10.7. The van der Waals surface area contributed by atoms with Gasteiger partial charge in [0.05, 0.1) is 6.04 Å². The zero-order chi connectivity index (χ0) is 22.8. The van der Waals surface area contributed by atoms with Gasteiger partial charge in [-0.05, 0) is 50.8 Å². The molecule has 1 heterocycles. The van der Waals surface area contributed by atoms with Crippen LogP contribution >= 0.6 is 0 Å². The summed E-state index contributed by atoms with van der Waals surface area (Å²) in [7, 11) is 0. The van der Waals surface area contributed by atoms with Gasteiger partial charge in [0.25, 0.3) is 0 Å². The number of pyridine rings is 1. The lowest BCUT2D eigenvalue weighted by atomic mass is 9.85. The van der Waals surface area contributed by atoms with Gasteiger partial charge in [-0.1, -0.05) is 38.1 Å². The van der Waals surface area contributed by atoms with Crippen LogP contribution in [0.25, 0.3) is 0 Å². The quantitative estimate of drug-likeness (QED) is 0.479. The number of nitrogens with zero attached hydrogens (tertiary/aromatic N) is 1. The van der Waals surface area contributed by atoms with Gasteiger partial charge in [-0.3, -0.25) is 15.4 Å². The largest absolute Gasteiger partial charge is 0.486 e. The van der Waals surface area contributed by atoms with E-state index in [-0.39, 0.29) is 23.6 Å². The molecular formula is C24H32N4O3. The molecule has 0 spiro atoms. The van der Waals surface area contributed by atoms with Crippen LogP contribution in [0.15, 0.2) is 42.6 Å². The minimum atomic E-state index is -0.548. The van der Waals surface area contributed by atoms with Crippen LogP contribution in [0.3, 0.4) is 0 Å². The van der Waals surface area contributed by atoms with E-state index in [1.807, 2.05) is 58.9 Å². The van der Waals surface area contributed by atoms with Gasteiger partial charge in [-0.2, -0.15) is 0 Å². The summed E-state index contributed by atoms with van der Waals surface area (Å²) >= 11 is 0. The van der Waals surface area contributed by atoms with E-state index < -0.39 is 11.7 Å². The number of aromatic nitrogens is 1. The zero-order valence-corrected chi connectivity index (χ0v) is 18.9. The van der Waals surface area contributed by atoms with Crippen molar-refractivity contribution in [3.8, 4) is 5.75 Å². The SMILES string of the molecule is CC(C)C(=N)n1ccc(OC2CCC(NC(=O)OC(C)(C)C)c3ccccc32)cc1=N. The van der Waals surface area contributed by atoms with E-state index in [4.69, 9.17) is 20.3 Å². The van der Waals surface area contributed by atoms with Gasteiger partial charge in [0, 0.05) is 18.2 Å². The van der Waals surface area contributed by atoms with Crippen LogP contribution in [-0.4, -0.2) is 22.1 Å². The molecule has 7 nitrogen and oxygen atoms in total. The summed E-state index contributed by atoms with van der Waals surface area (Å²) in [6, 6.07) is 11.2. The molecule has 1 aliphatic rings. The topological polar surface area (TPSA) is 100 Å². The average Bonchev–Trinajstić information content (AvgIpc) is 2.68. The van der Waals surface area contributed by atoms with Crippen molar-refractivity contribution in [3.63, 3.8) is 0 Å². The van der Waals surface area contributed by atoms with E-state index in [9.17, 15) is 4.79 Å². The van der Waals surface area contributed by atoms with E-state index >= 15 is 0 Å². The van der Waals surface area contributed by atoms with Gasteiger partial charge in [0.1, 0.15) is 28.8 Å². The van der Waals surface area contributed by atoms with E-state index in [1.165, 1.54) is 0 Å². The lowest BCUT2D eigenvalue weighted by Crippen LogP contribution is -2.37. The van der Waals surface area contributed by atoms with E-state index in [2.05, 4.69) is 5.32 Å². The summed E-state index contributed by atoms with van der Waals surface area (Å²) in [5.41, 5.74) is 1.70. The van der Waals surface area contributed by atoms with Crippen molar-refractivity contribution in [2.24, 2.45) is 5.92 Å². The molecule has 0 aliphatic heterocycles.